The Hall–Kier alpha value is -2.82. The minimum Gasteiger partial charge on any atom is -0.494 e. The Bertz CT molecular complexity index is 908. The van der Waals surface area contributed by atoms with Gasteiger partial charge in [-0.1, -0.05) is 0 Å². The van der Waals surface area contributed by atoms with Gasteiger partial charge in [0.1, 0.15) is 11.5 Å². The smallest absolute Gasteiger partial charge is 0.346 e. The molecule has 0 radical (unpaired) electrons. The Morgan fingerprint density at radius 2 is 1.17 bits per heavy atom. The molecule has 5 heteroatoms. The van der Waals surface area contributed by atoms with Crippen molar-refractivity contribution in [1.29, 1.82) is 0 Å². The van der Waals surface area contributed by atoms with Gasteiger partial charge in [0.15, 0.2) is 0 Å². The first-order valence-electron chi connectivity index (χ1n) is 7.44. The van der Waals surface area contributed by atoms with Gasteiger partial charge < -0.3 is 13.9 Å². The van der Waals surface area contributed by atoms with Crippen LogP contribution in [0.5, 0.6) is 11.5 Å². The van der Waals surface area contributed by atoms with Crippen molar-refractivity contribution in [3.63, 3.8) is 0 Å². The Labute approximate surface area is 132 Å². The standard InChI is InChI=1S/C18H16O5/c1-3-21-11-5-7-13-15(9-11)16-10-12(22-4-2)6-8-14(16)18(20)23-17(13)19/h5-10H,3-4H2,1-2H3. The molecule has 2 aromatic carbocycles. The summed E-state index contributed by atoms with van der Waals surface area (Å²) in [7, 11) is 0. The predicted molar refractivity (Wildman–Crippen MR) is 88.6 cm³/mol. The van der Waals surface area contributed by atoms with Crippen LogP contribution in [0, 0.1) is 0 Å². The monoisotopic (exact) mass is 312 g/mol. The van der Waals surface area contributed by atoms with E-state index in [4.69, 9.17) is 13.9 Å². The SMILES string of the molecule is CCOc1ccc2c(=O)oc(=O)c3ccc(OCC)cc3c2c1. The van der Waals surface area contributed by atoms with Crippen LogP contribution in [-0.4, -0.2) is 13.2 Å². The molecule has 3 aromatic rings. The average molecular weight is 312 g/mol. The summed E-state index contributed by atoms with van der Waals surface area (Å²) >= 11 is 0. The molecule has 0 atom stereocenters. The minimum absolute atomic E-state index is 0.328. The molecule has 0 fully saturated rings. The van der Waals surface area contributed by atoms with Crippen molar-refractivity contribution in [2.24, 2.45) is 0 Å². The van der Waals surface area contributed by atoms with Crippen molar-refractivity contribution < 1.29 is 13.9 Å². The van der Waals surface area contributed by atoms with Crippen LogP contribution in [0.3, 0.4) is 0 Å². The lowest BCUT2D eigenvalue weighted by molar-refractivity contribution is 0.340. The van der Waals surface area contributed by atoms with E-state index in [2.05, 4.69) is 0 Å². The summed E-state index contributed by atoms with van der Waals surface area (Å²) in [5, 5.41) is 1.86. The molecule has 0 unspecified atom stereocenters. The number of fused-ring (bicyclic) bond motifs is 3. The van der Waals surface area contributed by atoms with E-state index in [1.165, 1.54) is 0 Å². The van der Waals surface area contributed by atoms with Gasteiger partial charge in [0.05, 0.1) is 24.0 Å². The lowest BCUT2D eigenvalue weighted by Gasteiger charge is -2.05. The topological polar surface area (TPSA) is 65.7 Å². The Kier molecular flexibility index (Phi) is 4.02. The average Bonchev–Trinajstić information content (AvgIpc) is 2.64. The van der Waals surface area contributed by atoms with E-state index in [1.807, 2.05) is 13.8 Å². The second kappa shape index (κ2) is 6.12. The fourth-order valence-electron chi connectivity index (χ4n) is 2.56. The Morgan fingerprint density at radius 3 is 1.57 bits per heavy atom. The van der Waals surface area contributed by atoms with Gasteiger partial charge in [0, 0.05) is 10.8 Å². The lowest BCUT2D eigenvalue weighted by atomic mass is 10.1. The highest BCUT2D eigenvalue weighted by Gasteiger charge is 2.10. The number of hydrogen-bond donors (Lipinski definition) is 0. The first-order valence-corrected chi connectivity index (χ1v) is 7.44. The van der Waals surface area contributed by atoms with Crippen molar-refractivity contribution >= 4 is 21.5 Å². The second-order valence-electron chi connectivity index (χ2n) is 4.96. The number of hydrogen-bond acceptors (Lipinski definition) is 5. The quantitative estimate of drug-likeness (QED) is 0.740. The molecule has 0 aliphatic carbocycles. The molecule has 0 spiro atoms. The Balaban J connectivity index is 2.49. The normalized spacial score (nSPS) is 10.9. The van der Waals surface area contributed by atoms with Gasteiger partial charge in [0.25, 0.3) is 0 Å². The molecule has 0 amide bonds. The molecule has 23 heavy (non-hydrogen) atoms. The molecule has 0 saturated heterocycles. The summed E-state index contributed by atoms with van der Waals surface area (Å²) in [5.74, 6) is 1.25. The molecule has 1 heterocycles. The highest BCUT2D eigenvalue weighted by Crippen LogP contribution is 2.27. The molecule has 0 aliphatic rings. The van der Waals surface area contributed by atoms with Crippen LogP contribution in [0.15, 0.2) is 50.4 Å². The van der Waals surface area contributed by atoms with Gasteiger partial charge in [-0.3, -0.25) is 0 Å². The summed E-state index contributed by atoms with van der Waals surface area (Å²) in [6.45, 7) is 4.78. The van der Waals surface area contributed by atoms with Gasteiger partial charge >= 0.3 is 11.3 Å². The molecular formula is C18H16O5. The van der Waals surface area contributed by atoms with E-state index in [1.54, 1.807) is 36.4 Å². The van der Waals surface area contributed by atoms with Crippen LogP contribution in [0.1, 0.15) is 13.8 Å². The molecule has 5 nitrogen and oxygen atoms in total. The van der Waals surface area contributed by atoms with E-state index in [0.29, 0.717) is 46.3 Å². The fraction of sp³-hybridized carbons (Fsp3) is 0.222. The first-order chi connectivity index (χ1) is 11.1. The number of benzene rings is 2. The third-order valence-corrected chi connectivity index (χ3v) is 3.52. The van der Waals surface area contributed by atoms with E-state index in [9.17, 15) is 9.59 Å². The van der Waals surface area contributed by atoms with E-state index in [-0.39, 0.29) is 0 Å². The van der Waals surface area contributed by atoms with Crippen LogP contribution in [0.4, 0.5) is 0 Å². The predicted octanol–water partition coefficient (Wildman–Crippen LogP) is 3.10. The highest BCUT2D eigenvalue weighted by molar-refractivity contribution is 6.06. The summed E-state index contributed by atoms with van der Waals surface area (Å²) in [6, 6.07) is 10.1. The van der Waals surface area contributed by atoms with Gasteiger partial charge in [-0.25, -0.2) is 9.59 Å². The summed E-state index contributed by atoms with van der Waals surface area (Å²) < 4.78 is 15.9. The van der Waals surface area contributed by atoms with Crippen LogP contribution < -0.4 is 20.7 Å². The van der Waals surface area contributed by atoms with Crippen LogP contribution in [-0.2, 0) is 0 Å². The highest BCUT2D eigenvalue weighted by atomic mass is 16.5. The maximum absolute atomic E-state index is 12.1. The molecule has 0 bridgehead atoms. The molecule has 118 valence electrons. The third-order valence-electron chi connectivity index (χ3n) is 3.52. The molecule has 0 N–H and O–H groups in total. The van der Waals surface area contributed by atoms with Crippen LogP contribution in [0.2, 0.25) is 0 Å². The van der Waals surface area contributed by atoms with Crippen molar-refractivity contribution in [3.05, 3.63) is 57.2 Å². The van der Waals surface area contributed by atoms with Crippen molar-refractivity contribution in [2.45, 2.75) is 13.8 Å². The van der Waals surface area contributed by atoms with Crippen molar-refractivity contribution in [3.8, 4) is 11.5 Å². The van der Waals surface area contributed by atoms with E-state index in [0.717, 1.165) is 0 Å². The van der Waals surface area contributed by atoms with Crippen LogP contribution >= 0.6 is 0 Å². The lowest BCUT2D eigenvalue weighted by Crippen LogP contribution is -2.04. The van der Waals surface area contributed by atoms with E-state index < -0.39 is 11.3 Å². The zero-order chi connectivity index (χ0) is 16.4. The number of rotatable bonds is 4. The molecule has 0 saturated carbocycles. The van der Waals surface area contributed by atoms with Gasteiger partial charge in [0.2, 0.25) is 0 Å². The minimum atomic E-state index is -0.665. The van der Waals surface area contributed by atoms with Crippen molar-refractivity contribution in [2.75, 3.05) is 13.2 Å². The molecule has 3 rings (SSSR count). The van der Waals surface area contributed by atoms with Gasteiger partial charge in [-0.15, -0.1) is 0 Å². The second-order valence-corrected chi connectivity index (χ2v) is 4.96. The maximum Gasteiger partial charge on any atom is 0.346 e. The Morgan fingerprint density at radius 1 is 0.739 bits per heavy atom. The summed E-state index contributed by atoms with van der Waals surface area (Å²) in [4.78, 5) is 24.3. The summed E-state index contributed by atoms with van der Waals surface area (Å²) in [6.07, 6.45) is 0. The van der Waals surface area contributed by atoms with Gasteiger partial charge in [-0.2, -0.15) is 0 Å². The maximum atomic E-state index is 12.1. The van der Waals surface area contributed by atoms with Gasteiger partial charge in [-0.05, 0) is 50.2 Å². The third kappa shape index (κ3) is 2.77. The van der Waals surface area contributed by atoms with Crippen LogP contribution in [0.25, 0.3) is 21.5 Å². The molecular weight excluding hydrogens is 296 g/mol. The van der Waals surface area contributed by atoms with E-state index >= 15 is 0 Å². The summed E-state index contributed by atoms with van der Waals surface area (Å²) in [5.41, 5.74) is -1.33. The zero-order valence-electron chi connectivity index (χ0n) is 12.9. The number of ether oxygens (including phenoxy) is 2. The molecule has 0 aliphatic heterocycles. The largest absolute Gasteiger partial charge is 0.494 e. The first kappa shape index (κ1) is 15.1. The van der Waals surface area contributed by atoms with Crippen molar-refractivity contribution in [1.82, 2.24) is 0 Å². The molecule has 1 aromatic heterocycles. The zero-order valence-corrected chi connectivity index (χ0v) is 12.9. The fourth-order valence-corrected chi connectivity index (χ4v) is 2.56.